The van der Waals surface area contributed by atoms with Gasteiger partial charge in [-0.1, -0.05) is 72.8 Å². The second-order valence-electron chi connectivity index (χ2n) is 7.87. The zero-order valence-electron chi connectivity index (χ0n) is 18.7. The third kappa shape index (κ3) is 4.57. The third-order valence-corrected chi connectivity index (χ3v) is 5.51. The van der Waals surface area contributed by atoms with Crippen LogP contribution in [0.15, 0.2) is 111 Å². The van der Waals surface area contributed by atoms with Crippen LogP contribution in [0.4, 0.5) is 19.1 Å². The standard InChI is InChI=1S/C29H17F3N2O2/c30-29(31,32)22-13-7-12-21(16-22)25-15-14-23(35-25)18-34-28-24(17-33)26(19-8-3-1-4-9-19)27(36-28)20-10-5-2-6-11-20/h1-16,18H. The summed E-state index contributed by atoms with van der Waals surface area (Å²) in [4.78, 5) is 4.36. The summed E-state index contributed by atoms with van der Waals surface area (Å²) in [6.45, 7) is 0. The van der Waals surface area contributed by atoms with Gasteiger partial charge in [0.15, 0.2) is 0 Å². The molecule has 0 radical (unpaired) electrons. The molecule has 0 unspecified atom stereocenters. The van der Waals surface area contributed by atoms with Gasteiger partial charge < -0.3 is 8.83 Å². The van der Waals surface area contributed by atoms with Crippen LogP contribution in [0.25, 0.3) is 33.8 Å². The maximum atomic E-state index is 13.1. The number of hydrogen-bond donors (Lipinski definition) is 0. The monoisotopic (exact) mass is 482 g/mol. The van der Waals surface area contributed by atoms with Crippen molar-refractivity contribution in [3.8, 4) is 39.8 Å². The summed E-state index contributed by atoms with van der Waals surface area (Å²) in [6, 6.07) is 29.1. The fraction of sp³-hybridized carbons (Fsp3) is 0.0345. The number of nitrogens with zero attached hydrogens (tertiary/aromatic N) is 2. The summed E-state index contributed by atoms with van der Waals surface area (Å²) in [5, 5.41) is 9.96. The number of benzene rings is 3. The number of rotatable bonds is 5. The van der Waals surface area contributed by atoms with Crippen molar-refractivity contribution in [2.24, 2.45) is 4.99 Å². The van der Waals surface area contributed by atoms with Gasteiger partial charge in [-0.05, 0) is 29.8 Å². The van der Waals surface area contributed by atoms with Gasteiger partial charge in [-0.15, -0.1) is 0 Å². The zero-order chi connectivity index (χ0) is 25.1. The second-order valence-corrected chi connectivity index (χ2v) is 7.87. The molecule has 3 aromatic carbocycles. The highest BCUT2D eigenvalue weighted by Crippen LogP contribution is 2.42. The van der Waals surface area contributed by atoms with Crippen LogP contribution in [0.5, 0.6) is 0 Å². The molecular formula is C29H17F3N2O2. The van der Waals surface area contributed by atoms with Gasteiger partial charge in [0.1, 0.15) is 28.9 Å². The van der Waals surface area contributed by atoms with Gasteiger partial charge in [-0.3, -0.25) is 0 Å². The summed E-state index contributed by atoms with van der Waals surface area (Å²) in [6.07, 6.45) is -3.08. The number of aliphatic imine (C=N–C) groups is 1. The zero-order valence-corrected chi connectivity index (χ0v) is 18.7. The summed E-state index contributed by atoms with van der Waals surface area (Å²) in [7, 11) is 0. The molecule has 5 aromatic rings. The molecule has 0 saturated heterocycles. The Morgan fingerprint density at radius 3 is 2.08 bits per heavy atom. The highest BCUT2D eigenvalue weighted by atomic mass is 19.4. The second kappa shape index (κ2) is 9.43. The van der Waals surface area contributed by atoms with E-state index in [-0.39, 0.29) is 22.8 Å². The van der Waals surface area contributed by atoms with E-state index in [1.807, 2.05) is 60.7 Å². The molecule has 5 rings (SSSR count). The Morgan fingerprint density at radius 2 is 1.42 bits per heavy atom. The number of furan rings is 2. The lowest BCUT2D eigenvalue weighted by molar-refractivity contribution is -0.137. The lowest BCUT2D eigenvalue weighted by Crippen LogP contribution is -2.04. The first-order valence-electron chi connectivity index (χ1n) is 10.9. The molecule has 0 fully saturated rings. The van der Waals surface area contributed by atoms with E-state index in [0.29, 0.717) is 17.1 Å². The van der Waals surface area contributed by atoms with Gasteiger partial charge in [0.05, 0.1) is 11.8 Å². The van der Waals surface area contributed by atoms with E-state index in [1.165, 1.54) is 18.3 Å². The lowest BCUT2D eigenvalue weighted by atomic mass is 9.98. The third-order valence-electron chi connectivity index (χ3n) is 5.51. The molecule has 0 N–H and O–H groups in total. The van der Waals surface area contributed by atoms with Crippen LogP contribution >= 0.6 is 0 Å². The maximum absolute atomic E-state index is 13.1. The smallest absolute Gasteiger partial charge is 0.416 e. The van der Waals surface area contributed by atoms with Crippen LogP contribution in [-0.2, 0) is 6.18 Å². The topological polar surface area (TPSA) is 62.4 Å². The molecule has 0 atom stereocenters. The number of hydrogen-bond acceptors (Lipinski definition) is 4. The normalized spacial score (nSPS) is 11.6. The molecule has 36 heavy (non-hydrogen) atoms. The number of nitriles is 1. The van der Waals surface area contributed by atoms with Gasteiger partial charge in [-0.2, -0.15) is 18.4 Å². The average Bonchev–Trinajstić information content (AvgIpc) is 3.53. The van der Waals surface area contributed by atoms with E-state index < -0.39 is 11.7 Å². The van der Waals surface area contributed by atoms with E-state index in [0.717, 1.165) is 23.3 Å². The highest BCUT2D eigenvalue weighted by molar-refractivity contribution is 5.89. The molecule has 7 heteroatoms. The average molecular weight is 482 g/mol. The SMILES string of the molecule is N#Cc1c(N=Cc2ccc(-c3cccc(C(F)(F)F)c3)o2)oc(-c2ccccc2)c1-c1ccccc1. The van der Waals surface area contributed by atoms with Crippen molar-refractivity contribution in [3.05, 3.63) is 114 Å². The molecule has 0 aliphatic rings. The Balaban J connectivity index is 1.52. The minimum Gasteiger partial charge on any atom is -0.455 e. The van der Waals surface area contributed by atoms with Gasteiger partial charge in [0.2, 0.25) is 5.88 Å². The summed E-state index contributed by atoms with van der Waals surface area (Å²) >= 11 is 0. The molecule has 0 bridgehead atoms. The Hall–Kier alpha value is -4.83. The van der Waals surface area contributed by atoms with Gasteiger partial charge in [0, 0.05) is 16.7 Å². The Labute approximate surface area is 204 Å². The molecule has 0 saturated carbocycles. The lowest BCUT2D eigenvalue weighted by Gasteiger charge is -2.07. The van der Waals surface area contributed by atoms with Crippen molar-refractivity contribution in [3.63, 3.8) is 0 Å². The van der Waals surface area contributed by atoms with Crippen LogP contribution < -0.4 is 0 Å². The molecule has 0 aliphatic heterocycles. The fourth-order valence-electron chi connectivity index (χ4n) is 3.84. The van der Waals surface area contributed by atoms with Crippen molar-refractivity contribution < 1.29 is 22.0 Å². The van der Waals surface area contributed by atoms with Crippen molar-refractivity contribution in [1.82, 2.24) is 0 Å². The summed E-state index contributed by atoms with van der Waals surface area (Å²) < 4.78 is 50.9. The molecule has 0 amide bonds. The first kappa shape index (κ1) is 22.9. The Morgan fingerprint density at radius 1 is 0.750 bits per heavy atom. The molecule has 4 nitrogen and oxygen atoms in total. The summed E-state index contributed by atoms with van der Waals surface area (Å²) in [5.41, 5.74) is 2.02. The quantitative estimate of drug-likeness (QED) is 0.236. The van der Waals surface area contributed by atoms with Crippen LogP contribution in [0.3, 0.4) is 0 Å². The van der Waals surface area contributed by atoms with Gasteiger partial charge in [-0.25, -0.2) is 4.99 Å². The van der Waals surface area contributed by atoms with Crippen LogP contribution in [0, 0.1) is 11.3 Å². The first-order chi connectivity index (χ1) is 17.4. The predicted molar refractivity (Wildman–Crippen MR) is 131 cm³/mol. The molecule has 0 aliphatic carbocycles. The van der Waals surface area contributed by atoms with Crippen molar-refractivity contribution in [1.29, 1.82) is 5.26 Å². The molecule has 2 aromatic heterocycles. The van der Waals surface area contributed by atoms with Crippen LogP contribution in [0.2, 0.25) is 0 Å². The Bertz CT molecular complexity index is 1570. The molecule has 0 spiro atoms. The Kier molecular flexibility index (Phi) is 6.01. The predicted octanol–water partition coefficient (Wildman–Crippen LogP) is 8.51. The van der Waals surface area contributed by atoms with Crippen molar-refractivity contribution in [2.45, 2.75) is 6.18 Å². The van der Waals surface area contributed by atoms with E-state index in [1.54, 1.807) is 12.1 Å². The van der Waals surface area contributed by atoms with E-state index in [2.05, 4.69) is 11.1 Å². The van der Waals surface area contributed by atoms with E-state index in [4.69, 9.17) is 8.83 Å². The molecular weight excluding hydrogens is 465 g/mol. The maximum Gasteiger partial charge on any atom is 0.416 e. The molecule has 2 heterocycles. The fourth-order valence-corrected chi connectivity index (χ4v) is 3.84. The minimum absolute atomic E-state index is 0.104. The van der Waals surface area contributed by atoms with Crippen molar-refractivity contribution >= 4 is 12.1 Å². The highest BCUT2D eigenvalue weighted by Gasteiger charge is 2.30. The molecule has 176 valence electrons. The van der Waals surface area contributed by atoms with E-state index in [9.17, 15) is 18.4 Å². The van der Waals surface area contributed by atoms with Gasteiger partial charge >= 0.3 is 6.18 Å². The van der Waals surface area contributed by atoms with Crippen LogP contribution in [0.1, 0.15) is 16.9 Å². The number of halogens is 3. The minimum atomic E-state index is -4.45. The van der Waals surface area contributed by atoms with Gasteiger partial charge in [0.25, 0.3) is 0 Å². The largest absolute Gasteiger partial charge is 0.455 e. The number of alkyl halides is 3. The first-order valence-corrected chi connectivity index (χ1v) is 10.9. The summed E-state index contributed by atoms with van der Waals surface area (Å²) in [5.74, 6) is 1.17. The van der Waals surface area contributed by atoms with Crippen LogP contribution in [-0.4, -0.2) is 6.21 Å². The van der Waals surface area contributed by atoms with Crippen molar-refractivity contribution in [2.75, 3.05) is 0 Å². The van der Waals surface area contributed by atoms with E-state index >= 15 is 0 Å².